The van der Waals surface area contributed by atoms with Crippen LogP contribution >= 0.6 is 22.9 Å². The van der Waals surface area contributed by atoms with E-state index in [1.807, 2.05) is 11.3 Å². The predicted octanol–water partition coefficient (Wildman–Crippen LogP) is 17.2. The fourth-order valence-electron chi connectivity index (χ4n) is 10.9. The van der Waals surface area contributed by atoms with Gasteiger partial charge in [-0.3, -0.25) is 0 Å². The maximum atomic E-state index is 7.69. The number of anilines is 6. The number of thiophene rings is 1. The quantitative estimate of drug-likeness (QED) is 0.153. The molecule has 70 heavy (non-hydrogen) atoms. The maximum Gasteiger partial charge on any atom is 0.264 e. The number of hydrogen-bond donors (Lipinski definition) is 0. The normalized spacial score (nSPS) is 13.6. The highest BCUT2D eigenvalue weighted by Crippen LogP contribution is 2.53. The molecule has 5 heteroatoms. The molecular weight excluding hydrogens is 887 g/mol. The molecule has 2 aliphatic rings. The molecule has 2 aliphatic heterocycles. The van der Waals surface area contributed by atoms with Crippen LogP contribution < -0.4 is 25.5 Å². The van der Waals surface area contributed by atoms with Gasteiger partial charge in [0.05, 0.1) is 17.1 Å². The number of fused-ring (bicyclic) bond motifs is 6. The van der Waals surface area contributed by atoms with E-state index in [2.05, 4.69) is 262 Å². The van der Waals surface area contributed by atoms with Gasteiger partial charge in [0, 0.05) is 53.5 Å². The number of benzene rings is 8. The van der Waals surface area contributed by atoms with E-state index in [0.29, 0.717) is 5.02 Å². The molecule has 0 saturated carbocycles. The van der Waals surface area contributed by atoms with Crippen molar-refractivity contribution in [2.24, 2.45) is 0 Å². The fourth-order valence-corrected chi connectivity index (χ4v) is 12.4. The van der Waals surface area contributed by atoms with Crippen LogP contribution in [0.25, 0.3) is 32.3 Å². The summed E-state index contributed by atoms with van der Waals surface area (Å²) in [5, 5.41) is 1.97. The molecule has 0 fully saturated rings. The van der Waals surface area contributed by atoms with Crippen LogP contribution in [0.1, 0.15) is 104 Å². The van der Waals surface area contributed by atoms with E-state index in [4.69, 9.17) is 11.6 Å². The SMILES string of the molecule is CC(C)(C)c1ccc(N2c3cc(C(C)(C)c4ccccc4)ccc3B3c4sc5ccc(C(C)(C)C)cc5c4N(c4ccc(C(C)(C)C)cc4-c4ccccc4)c4cc(Cl)cc2c43)c(-c2ccccc2)c1. The van der Waals surface area contributed by atoms with Crippen LogP contribution in [0, 0.1) is 0 Å². The molecule has 3 heterocycles. The Bertz CT molecular complexity index is 3480. The molecule has 0 spiro atoms. The second-order valence-corrected chi connectivity index (χ2v) is 24.7. The van der Waals surface area contributed by atoms with Gasteiger partial charge in [-0.2, -0.15) is 0 Å². The summed E-state index contributed by atoms with van der Waals surface area (Å²) >= 11 is 9.63. The van der Waals surface area contributed by atoms with Crippen LogP contribution in [0.3, 0.4) is 0 Å². The first-order chi connectivity index (χ1) is 33.3. The minimum Gasteiger partial charge on any atom is -0.311 e. The van der Waals surface area contributed by atoms with Crippen molar-refractivity contribution in [2.75, 3.05) is 9.80 Å². The zero-order chi connectivity index (χ0) is 49.1. The Morgan fingerprint density at radius 3 is 1.43 bits per heavy atom. The molecule has 0 radical (unpaired) electrons. The third-order valence-electron chi connectivity index (χ3n) is 15.1. The smallest absolute Gasteiger partial charge is 0.264 e. The van der Waals surface area contributed by atoms with Gasteiger partial charge in [-0.1, -0.05) is 209 Å². The molecule has 11 rings (SSSR count). The molecular formula is C65H62BClN2S. The Hall–Kier alpha value is -6.33. The molecule has 8 aromatic carbocycles. The van der Waals surface area contributed by atoms with Gasteiger partial charge in [0.15, 0.2) is 0 Å². The molecule has 0 N–H and O–H groups in total. The Kier molecular flexibility index (Phi) is 11.0. The molecule has 348 valence electrons. The van der Waals surface area contributed by atoms with E-state index in [1.54, 1.807) is 0 Å². The summed E-state index contributed by atoms with van der Waals surface area (Å²) in [5.41, 5.74) is 20.2. The van der Waals surface area contributed by atoms with E-state index in [9.17, 15) is 0 Å². The Morgan fingerprint density at radius 1 is 0.414 bits per heavy atom. The molecule has 2 nitrogen and oxygen atoms in total. The highest BCUT2D eigenvalue weighted by molar-refractivity contribution is 7.33. The number of rotatable bonds is 6. The van der Waals surface area contributed by atoms with Gasteiger partial charge in [-0.05, 0) is 121 Å². The van der Waals surface area contributed by atoms with Crippen molar-refractivity contribution in [1.82, 2.24) is 0 Å². The standard InChI is InChI=1S/C65H62BClN2S/c1-62(2,3)44-28-32-53(49(35-44)41-21-15-12-16-22-41)68-55-38-47(65(10,11)43-25-19-14-20-26-43)27-31-52(55)66-59-56(68)39-48(67)40-57(59)69(60-51-37-46(64(7,8)9)30-34-58(51)70-61(60)66)54-33-29-45(63(4,5)6)36-50(54)42-23-17-13-18-24-42/h12-40H,1-11H3. The summed E-state index contributed by atoms with van der Waals surface area (Å²) in [5.74, 6) is 0. The molecule has 0 unspecified atom stereocenters. The average Bonchev–Trinajstić information content (AvgIpc) is 3.72. The van der Waals surface area contributed by atoms with Crippen molar-refractivity contribution in [2.45, 2.75) is 97.8 Å². The lowest BCUT2D eigenvalue weighted by atomic mass is 9.36. The Morgan fingerprint density at radius 2 is 0.886 bits per heavy atom. The molecule has 0 amide bonds. The van der Waals surface area contributed by atoms with Crippen molar-refractivity contribution in [3.05, 3.63) is 209 Å². The lowest BCUT2D eigenvalue weighted by molar-refractivity contribution is 0.590. The predicted molar refractivity (Wildman–Crippen MR) is 306 cm³/mol. The lowest BCUT2D eigenvalue weighted by Gasteiger charge is -2.44. The van der Waals surface area contributed by atoms with Crippen molar-refractivity contribution in [1.29, 1.82) is 0 Å². The molecule has 0 aliphatic carbocycles. The number of hydrogen-bond acceptors (Lipinski definition) is 3. The van der Waals surface area contributed by atoms with Gasteiger partial charge in [-0.15, -0.1) is 11.3 Å². The van der Waals surface area contributed by atoms with Crippen LogP contribution in [0.15, 0.2) is 176 Å². The van der Waals surface area contributed by atoms with Gasteiger partial charge in [0.25, 0.3) is 6.71 Å². The zero-order valence-electron chi connectivity index (χ0n) is 42.5. The second-order valence-electron chi connectivity index (χ2n) is 23.2. The van der Waals surface area contributed by atoms with Crippen molar-refractivity contribution in [3.63, 3.8) is 0 Å². The van der Waals surface area contributed by atoms with Gasteiger partial charge in [-0.25, -0.2) is 0 Å². The van der Waals surface area contributed by atoms with Gasteiger partial charge < -0.3 is 9.80 Å². The first-order valence-corrected chi connectivity index (χ1v) is 26.1. The monoisotopic (exact) mass is 948 g/mol. The third-order valence-corrected chi connectivity index (χ3v) is 16.5. The number of halogens is 1. The summed E-state index contributed by atoms with van der Waals surface area (Å²) in [6.45, 7) is 25.5. The molecule has 1 aromatic heterocycles. The summed E-state index contributed by atoms with van der Waals surface area (Å²) < 4.78 is 2.63. The Labute approximate surface area is 425 Å². The van der Waals surface area contributed by atoms with E-state index < -0.39 is 0 Å². The molecule has 9 aromatic rings. The summed E-state index contributed by atoms with van der Waals surface area (Å²) in [6, 6.07) is 66.2. The van der Waals surface area contributed by atoms with E-state index in [1.165, 1.54) is 87.2 Å². The summed E-state index contributed by atoms with van der Waals surface area (Å²) in [4.78, 5) is 5.15. The fraction of sp³-hybridized carbons (Fsp3) is 0.231. The third kappa shape index (κ3) is 7.70. The largest absolute Gasteiger partial charge is 0.311 e. The zero-order valence-corrected chi connectivity index (χ0v) is 44.1. The van der Waals surface area contributed by atoms with Crippen molar-refractivity contribution < 1.29 is 0 Å². The van der Waals surface area contributed by atoms with Gasteiger partial charge in [0.2, 0.25) is 0 Å². The second kappa shape index (κ2) is 16.6. The first kappa shape index (κ1) is 46.1. The minimum atomic E-state index is -0.275. The summed E-state index contributed by atoms with van der Waals surface area (Å²) in [6.07, 6.45) is 0. The van der Waals surface area contributed by atoms with E-state index in [-0.39, 0.29) is 28.4 Å². The van der Waals surface area contributed by atoms with Crippen molar-refractivity contribution in [3.8, 4) is 22.3 Å². The Balaban J connectivity index is 1.28. The van der Waals surface area contributed by atoms with Crippen LogP contribution in [0.2, 0.25) is 5.02 Å². The average molecular weight is 950 g/mol. The highest BCUT2D eigenvalue weighted by atomic mass is 35.5. The molecule has 0 saturated heterocycles. The molecule has 0 bridgehead atoms. The van der Waals surface area contributed by atoms with Gasteiger partial charge >= 0.3 is 0 Å². The first-order valence-electron chi connectivity index (χ1n) is 24.9. The van der Waals surface area contributed by atoms with Crippen LogP contribution in [-0.2, 0) is 21.7 Å². The highest BCUT2D eigenvalue weighted by Gasteiger charge is 2.47. The summed E-state index contributed by atoms with van der Waals surface area (Å²) in [7, 11) is 0. The number of nitrogens with zero attached hydrogens (tertiary/aromatic N) is 2. The van der Waals surface area contributed by atoms with Gasteiger partial charge in [0.1, 0.15) is 0 Å². The van der Waals surface area contributed by atoms with Crippen LogP contribution in [0.5, 0.6) is 0 Å². The topological polar surface area (TPSA) is 6.48 Å². The molecule has 0 atom stereocenters. The van der Waals surface area contributed by atoms with Crippen molar-refractivity contribution >= 4 is 89.6 Å². The maximum absolute atomic E-state index is 7.69. The van der Waals surface area contributed by atoms with Crippen LogP contribution in [0.4, 0.5) is 34.1 Å². The van der Waals surface area contributed by atoms with E-state index >= 15 is 0 Å². The van der Waals surface area contributed by atoms with E-state index in [0.717, 1.165) is 22.7 Å². The minimum absolute atomic E-state index is 0.0423. The lowest BCUT2D eigenvalue weighted by Crippen LogP contribution is -2.60. The van der Waals surface area contributed by atoms with Crippen LogP contribution in [-0.4, -0.2) is 6.71 Å².